The van der Waals surface area contributed by atoms with Crippen LogP contribution in [0.4, 0.5) is 29.2 Å². The lowest BCUT2D eigenvalue weighted by Crippen LogP contribution is -2.37. The van der Waals surface area contributed by atoms with Gasteiger partial charge in [-0.15, -0.1) is 0 Å². The topological polar surface area (TPSA) is 130 Å². The van der Waals surface area contributed by atoms with Crippen LogP contribution < -0.4 is 20.4 Å². The molecule has 33 heavy (non-hydrogen) atoms. The van der Waals surface area contributed by atoms with E-state index in [-0.39, 0.29) is 12.6 Å². The predicted molar refractivity (Wildman–Crippen MR) is 126 cm³/mol. The lowest BCUT2D eigenvalue weighted by molar-refractivity contribution is 0.122. The maximum Gasteiger partial charge on any atom is 0.228 e. The van der Waals surface area contributed by atoms with Gasteiger partial charge in [0.2, 0.25) is 11.9 Å². The number of ether oxygens (including phenoxy) is 1. The lowest BCUT2D eigenvalue weighted by Gasteiger charge is -2.28. The van der Waals surface area contributed by atoms with Gasteiger partial charge in [0.25, 0.3) is 0 Å². The maximum absolute atomic E-state index is 9.29. The van der Waals surface area contributed by atoms with Gasteiger partial charge >= 0.3 is 0 Å². The Labute approximate surface area is 191 Å². The fourth-order valence-corrected chi connectivity index (χ4v) is 4.15. The van der Waals surface area contributed by atoms with E-state index in [1.54, 1.807) is 18.6 Å². The van der Waals surface area contributed by atoms with Crippen molar-refractivity contribution >= 4 is 29.2 Å². The molecule has 0 aromatic carbocycles. The number of pyridine rings is 1. The van der Waals surface area contributed by atoms with Crippen molar-refractivity contribution in [2.75, 3.05) is 73.5 Å². The summed E-state index contributed by atoms with van der Waals surface area (Å²) in [6.45, 7) is 4.12. The second-order valence-corrected chi connectivity index (χ2v) is 8.02. The summed E-state index contributed by atoms with van der Waals surface area (Å²) in [5, 5.41) is 9.29. The highest BCUT2D eigenvalue weighted by Crippen LogP contribution is 2.39. The molecule has 5 heterocycles. The Bertz CT molecular complexity index is 1120. The van der Waals surface area contributed by atoms with E-state index in [1.165, 1.54) is 0 Å². The van der Waals surface area contributed by atoms with Gasteiger partial charge in [0, 0.05) is 74.7 Å². The molecule has 2 aliphatic heterocycles. The molecular formula is C22H27N9O2. The Hall–Kier alpha value is -3.57. The molecule has 0 amide bonds. The molecule has 2 aliphatic rings. The molecule has 0 spiro atoms. The number of aliphatic hydroxyl groups is 1. The highest BCUT2D eigenvalue weighted by Gasteiger charge is 2.29. The monoisotopic (exact) mass is 449 g/mol. The summed E-state index contributed by atoms with van der Waals surface area (Å²) in [7, 11) is 1.91. The maximum atomic E-state index is 9.29. The zero-order chi connectivity index (χ0) is 22.8. The van der Waals surface area contributed by atoms with Crippen molar-refractivity contribution in [3.8, 4) is 11.3 Å². The number of nitrogen functional groups attached to an aromatic ring is 1. The summed E-state index contributed by atoms with van der Waals surface area (Å²) < 4.78 is 5.52. The zero-order valence-electron chi connectivity index (χ0n) is 18.6. The van der Waals surface area contributed by atoms with Crippen molar-refractivity contribution in [3.05, 3.63) is 36.3 Å². The van der Waals surface area contributed by atoms with Gasteiger partial charge in [-0.05, 0) is 12.5 Å². The number of hydrogen-bond donors (Lipinski definition) is 2. The molecular weight excluding hydrogens is 422 g/mol. The Morgan fingerprint density at radius 3 is 2.67 bits per heavy atom. The van der Waals surface area contributed by atoms with Gasteiger partial charge in [0.1, 0.15) is 11.6 Å². The van der Waals surface area contributed by atoms with E-state index in [2.05, 4.69) is 24.8 Å². The number of aliphatic hydroxyl groups excluding tert-OH is 1. The standard InChI is InChI=1S/C22H27N9O2/c1-29(6-9-32)18-12-16(2-4-24-18)31-5-3-17-19(15-13-25-21(23)26-14-15)27-22(28-20(17)31)30-7-10-33-11-8-30/h2,4,12-14,32H,3,5-11H2,1H3,(H2,23,25,26). The molecule has 0 atom stereocenters. The number of fused-ring (bicyclic) bond motifs is 1. The van der Waals surface area contributed by atoms with Crippen LogP contribution in [0.25, 0.3) is 11.3 Å². The van der Waals surface area contributed by atoms with E-state index in [0.717, 1.165) is 60.2 Å². The number of nitrogens with two attached hydrogens (primary N) is 1. The van der Waals surface area contributed by atoms with Gasteiger partial charge in [-0.3, -0.25) is 0 Å². The van der Waals surface area contributed by atoms with Crippen LogP contribution in [-0.4, -0.2) is 83.1 Å². The minimum atomic E-state index is 0.0676. The molecule has 1 fully saturated rings. The van der Waals surface area contributed by atoms with Crippen molar-refractivity contribution in [2.45, 2.75) is 6.42 Å². The van der Waals surface area contributed by atoms with Gasteiger partial charge in [0.05, 0.1) is 25.5 Å². The number of morpholine rings is 1. The highest BCUT2D eigenvalue weighted by molar-refractivity contribution is 5.77. The molecule has 11 heteroatoms. The third kappa shape index (κ3) is 4.24. The molecule has 1 saturated heterocycles. The summed E-state index contributed by atoms with van der Waals surface area (Å²) in [5.41, 5.74) is 9.41. The quantitative estimate of drug-likeness (QED) is 0.556. The van der Waals surface area contributed by atoms with Crippen LogP contribution in [0.2, 0.25) is 0 Å². The molecule has 3 aromatic rings. The van der Waals surface area contributed by atoms with Crippen LogP contribution >= 0.6 is 0 Å². The van der Waals surface area contributed by atoms with E-state index < -0.39 is 0 Å². The van der Waals surface area contributed by atoms with E-state index in [1.807, 2.05) is 24.1 Å². The van der Waals surface area contributed by atoms with E-state index in [4.69, 9.17) is 20.4 Å². The molecule has 0 bridgehead atoms. The fraction of sp³-hybridized carbons (Fsp3) is 0.409. The van der Waals surface area contributed by atoms with Crippen LogP contribution in [0.5, 0.6) is 0 Å². The van der Waals surface area contributed by atoms with Crippen molar-refractivity contribution in [3.63, 3.8) is 0 Å². The second kappa shape index (κ2) is 9.12. The van der Waals surface area contributed by atoms with E-state index in [9.17, 15) is 5.11 Å². The molecule has 3 N–H and O–H groups in total. The summed E-state index contributed by atoms with van der Waals surface area (Å²) >= 11 is 0. The molecule has 0 unspecified atom stereocenters. The summed E-state index contributed by atoms with van der Waals surface area (Å²) in [6, 6.07) is 4.00. The Morgan fingerprint density at radius 2 is 1.91 bits per heavy atom. The first-order valence-electron chi connectivity index (χ1n) is 11.0. The van der Waals surface area contributed by atoms with Crippen molar-refractivity contribution < 1.29 is 9.84 Å². The Kier molecular flexibility index (Phi) is 5.88. The van der Waals surface area contributed by atoms with Crippen molar-refractivity contribution in [1.29, 1.82) is 0 Å². The van der Waals surface area contributed by atoms with Crippen LogP contribution in [0, 0.1) is 0 Å². The Balaban J connectivity index is 1.58. The molecule has 172 valence electrons. The first kappa shape index (κ1) is 21.3. The zero-order valence-corrected chi connectivity index (χ0v) is 18.6. The number of aromatic nitrogens is 5. The molecule has 5 rings (SSSR count). The molecule has 0 radical (unpaired) electrons. The van der Waals surface area contributed by atoms with Crippen LogP contribution in [-0.2, 0) is 11.2 Å². The summed E-state index contributed by atoms with van der Waals surface area (Å²) in [5.74, 6) is 2.57. The minimum absolute atomic E-state index is 0.0676. The Morgan fingerprint density at radius 1 is 1.12 bits per heavy atom. The molecule has 3 aromatic heterocycles. The van der Waals surface area contributed by atoms with Crippen LogP contribution in [0.1, 0.15) is 5.56 Å². The van der Waals surface area contributed by atoms with Gasteiger partial charge in [0.15, 0.2) is 0 Å². The highest BCUT2D eigenvalue weighted by atomic mass is 16.5. The first-order chi connectivity index (χ1) is 16.1. The normalized spacial score (nSPS) is 15.6. The van der Waals surface area contributed by atoms with Crippen LogP contribution in [0.3, 0.4) is 0 Å². The van der Waals surface area contributed by atoms with Gasteiger partial charge < -0.3 is 30.3 Å². The molecule has 0 saturated carbocycles. The number of nitrogens with zero attached hydrogens (tertiary/aromatic N) is 8. The fourth-order valence-electron chi connectivity index (χ4n) is 4.15. The molecule has 11 nitrogen and oxygen atoms in total. The number of likely N-dealkylation sites (N-methyl/N-ethyl adjacent to an activating group) is 1. The largest absolute Gasteiger partial charge is 0.395 e. The van der Waals surface area contributed by atoms with Gasteiger partial charge in [-0.2, -0.15) is 4.98 Å². The predicted octanol–water partition coefficient (Wildman–Crippen LogP) is 0.870. The van der Waals surface area contributed by atoms with Crippen molar-refractivity contribution in [1.82, 2.24) is 24.9 Å². The van der Waals surface area contributed by atoms with E-state index in [0.29, 0.717) is 25.7 Å². The lowest BCUT2D eigenvalue weighted by atomic mass is 10.1. The van der Waals surface area contributed by atoms with E-state index >= 15 is 0 Å². The number of rotatable bonds is 6. The second-order valence-electron chi connectivity index (χ2n) is 8.02. The average molecular weight is 450 g/mol. The summed E-state index contributed by atoms with van der Waals surface area (Å²) in [4.78, 5) is 29.0. The number of anilines is 5. The third-order valence-electron chi connectivity index (χ3n) is 5.92. The van der Waals surface area contributed by atoms with Crippen LogP contribution in [0.15, 0.2) is 30.7 Å². The summed E-state index contributed by atoms with van der Waals surface area (Å²) in [6.07, 6.45) is 6.01. The number of hydrogen-bond acceptors (Lipinski definition) is 11. The van der Waals surface area contributed by atoms with Gasteiger partial charge in [-0.25, -0.2) is 19.9 Å². The first-order valence-corrected chi connectivity index (χ1v) is 11.0. The average Bonchev–Trinajstić information content (AvgIpc) is 3.29. The SMILES string of the molecule is CN(CCO)c1cc(N2CCc3c(-c4cnc(N)nc4)nc(N4CCOCC4)nc32)ccn1. The minimum Gasteiger partial charge on any atom is -0.395 e. The third-order valence-corrected chi connectivity index (χ3v) is 5.92. The smallest absolute Gasteiger partial charge is 0.228 e. The van der Waals surface area contributed by atoms with Gasteiger partial charge in [-0.1, -0.05) is 0 Å². The van der Waals surface area contributed by atoms with Crippen molar-refractivity contribution in [2.24, 2.45) is 0 Å². The molecule has 0 aliphatic carbocycles.